The summed E-state index contributed by atoms with van der Waals surface area (Å²) in [7, 11) is 0. The van der Waals surface area contributed by atoms with Crippen LogP contribution in [0.15, 0.2) is 36.5 Å². The lowest BCUT2D eigenvalue weighted by Crippen LogP contribution is -2.15. The number of benzene rings is 1. The fourth-order valence-corrected chi connectivity index (χ4v) is 1.81. The Morgan fingerprint density at radius 1 is 1.24 bits per heavy atom. The number of nitrogens with zero attached hydrogens (tertiary/aromatic N) is 1. The Balaban J connectivity index is 2.29. The minimum atomic E-state index is -4.47. The lowest BCUT2D eigenvalue weighted by atomic mass is 10.1. The highest BCUT2D eigenvalue weighted by Gasteiger charge is 2.31. The van der Waals surface area contributed by atoms with Gasteiger partial charge in [-0.25, -0.2) is 0 Å². The number of nitrogens with one attached hydrogen (secondary N) is 1. The van der Waals surface area contributed by atoms with Gasteiger partial charge in [-0.05, 0) is 36.8 Å². The first kappa shape index (κ1) is 15.3. The molecule has 1 aromatic carbocycles. The lowest BCUT2D eigenvalue weighted by Gasteiger charge is -2.12. The van der Waals surface area contributed by atoms with Crippen LogP contribution in [0.5, 0.6) is 0 Å². The zero-order chi connectivity index (χ0) is 15.6. The average molecular weight is 315 g/mol. The number of pyridine rings is 1. The smallest absolute Gasteiger partial charge is 0.320 e. The summed E-state index contributed by atoms with van der Waals surface area (Å²) in [5.74, 6) is -0.625. The van der Waals surface area contributed by atoms with Crippen molar-refractivity contribution in [3.63, 3.8) is 0 Å². The van der Waals surface area contributed by atoms with E-state index >= 15 is 0 Å². The van der Waals surface area contributed by atoms with Crippen LogP contribution in [0.25, 0.3) is 0 Å². The molecule has 0 saturated heterocycles. The molecule has 0 radical (unpaired) electrons. The maximum absolute atomic E-state index is 12.7. The number of amides is 1. The predicted octanol–water partition coefficient (Wildman–Crippen LogP) is 4.31. The highest BCUT2D eigenvalue weighted by Crippen LogP contribution is 2.32. The molecule has 1 heterocycles. The molecular formula is C14H10ClF3N2O. The third kappa shape index (κ3) is 3.72. The molecule has 1 aromatic heterocycles. The number of anilines is 1. The molecule has 0 aliphatic heterocycles. The summed E-state index contributed by atoms with van der Waals surface area (Å²) in [6.07, 6.45) is -3.13. The molecule has 7 heteroatoms. The van der Waals surface area contributed by atoms with Crippen molar-refractivity contribution >= 4 is 23.2 Å². The number of hydrogen-bond acceptors (Lipinski definition) is 2. The second-order valence-electron chi connectivity index (χ2n) is 4.34. The van der Waals surface area contributed by atoms with Crippen LogP contribution in [-0.4, -0.2) is 10.9 Å². The Kier molecular flexibility index (Phi) is 4.18. The van der Waals surface area contributed by atoms with Crippen molar-refractivity contribution in [1.29, 1.82) is 0 Å². The van der Waals surface area contributed by atoms with Crippen LogP contribution in [0.2, 0.25) is 5.02 Å². The van der Waals surface area contributed by atoms with Crippen LogP contribution in [0.3, 0.4) is 0 Å². The summed E-state index contributed by atoms with van der Waals surface area (Å²) in [6, 6.07) is 5.97. The molecule has 0 aliphatic carbocycles. The first-order chi connectivity index (χ1) is 9.77. The quantitative estimate of drug-likeness (QED) is 0.897. The van der Waals surface area contributed by atoms with E-state index < -0.39 is 17.6 Å². The summed E-state index contributed by atoms with van der Waals surface area (Å²) >= 11 is 5.74. The van der Waals surface area contributed by atoms with Crippen molar-refractivity contribution < 1.29 is 18.0 Å². The SMILES string of the molecule is Cc1ccc(C(F)(F)F)cc1NC(=O)c1cc(Cl)ccn1. The van der Waals surface area contributed by atoms with E-state index in [-0.39, 0.29) is 11.4 Å². The third-order valence-electron chi connectivity index (χ3n) is 2.77. The summed E-state index contributed by atoms with van der Waals surface area (Å²) in [4.78, 5) is 15.8. The second kappa shape index (κ2) is 5.73. The van der Waals surface area contributed by atoms with Gasteiger partial charge in [-0.3, -0.25) is 9.78 Å². The van der Waals surface area contributed by atoms with Gasteiger partial charge < -0.3 is 5.32 Å². The molecular weight excluding hydrogens is 305 g/mol. The molecule has 0 unspecified atom stereocenters. The van der Waals surface area contributed by atoms with E-state index in [4.69, 9.17) is 11.6 Å². The minimum absolute atomic E-state index is 0.0271. The van der Waals surface area contributed by atoms with Crippen molar-refractivity contribution in [3.05, 3.63) is 58.4 Å². The van der Waals surface area contributed by atoms with E-state index in [0.717, 1.165) is 12.1 Å². The number of rotatable bonds is 2. The van der Waals surface area contributed by atoms with E-state index in [0.29, 0.717) is 10.6 Å². The van der Waals surface area contributed by atoms with Gasteiger partial charge in [-0.2, -0.15) is 13.2 Å². The summed E-state index contributed by atoms with van der Waals surface area (Å²) < 4.78 is 38.0. The van der Waals surface area contributed by atoms with E-state index in [1.54, 1.807) is 6.92 Å². The van der Waals surface area contributed by atoms with Crippen LogP contribution in [-0.2, 0) is 6.18 Å². The standard InChI is InChI=1S/C14H10ClF3N2O/c1-8-2-3-9(14(16,17)18)6-11(8)20-13(21)12-7-10(15)4-5-19-12/h2-7H,1H3,(H,20,21). The highest BCUT2D eigenvalue weighted by molar-refractivity contribution is 6.30. The molecule has 1 N–H and O–H groups in total. The molecule has 0 bridgehead atoms. The Bertz CT molecular complexity index is 686. The maximum Gasteiger partial charge on any atom is 0.416 e. The Morgan fingerprint density at radius 3 is 2.57 bits per heavy atom. The van der Waals surface area contributed by atoms with Crippen LogP contribution < -0.4 is 5.32 Å². The Hall–Kier alpha value is -2.08. The number of aryl methyl sites for hydroxylation is 1. The first-order valence-corrected chi connectivity index (χ1v) is 6.26. The number of hydrogen-bond donors (Lipinski definition) is 1. The average Bonchev–Trinajstić information content (AvgIpc) is 2.40. The van der Waals surface area contributed by atoms with E-state index in [1.165, 1.54) is 24.4 Å². The first-order valence-electron chi connectivity index (χ1n) is 5.88. The van der Waals surface area contributed by atoms with Crippen LogP contribution >= 0.6 is 11.6 Å². The van der Waals surface area contributed by atoms with Gasteiger partial charge in [0.2, 0.25) is 0 Å². The number of carbonyl (C=O) groups excluding carboxylic acids is 1. The molecule has 0 atom stereocenters. The molecule has 0 aliphatic rings. The number of halogens is 4. The van der Waals surface area contributed by atoms with Gasteiger partial charge in [0, 0.05) is 16.9 Å². The largest absolute Gasteiger partial charge is 0.416 e. The zero-order valence-electron chi connectivity index (χ0n) is 10.8. The van der Waals surface area contributed by atoms with Gasteiger partial charge in [0.25, 0.3) is 5.91 Å². The Labute approximate surface area is 123 Å². The van der Waals surface area contributed by atoms with Gasteiger partial charge in [0.1, 0.15) is 5.69 Å². The molecule has 21 heavy (non-hydrogen) atoms. The van der Waals surface area contributed by atoms with Crippen molar-refractivity contribution in [1.82, 2.24) is 4.98 Å². The molecule has 2 rings (SSSR count). The number of aromatic nitrogens is 1. The maximum atomic E-state index is 12.7. The van der Waals surface area contributed by atoms with Crippen LogP contribution in [0, 0.1) is 6.92 Å². The topological polar surface area (TPSA) is 42.0 Å². The second-order valence-corrected chi connectivity index (χ2v) is 4.78. The molecule has 0 saturated carbocycles. The fraction of sp³-hybridized carbons (Fsp3) is 0.143. The van der Waals surface area contributed by atoms with Gasteiger partial charge in [0.05, 0.1) is 5.56 Å². The molecule has 1 amide bonds. The normalized spacial score (nSPS) is 11.3. The summed E-state index contributed by atoms with van der Waals surface area (Å²) in [6.45, 7) is 1.60. The molecule has 110 valence electrons. The van der Waals surface area contributed by atoms with Crippen LogP contribution in [0.1, 0.15) is 21.6 Å². The molecule has 2 aromatic rings. The zero-order valence-corrected chi connectivity index (χ0v) is 11.6. The molecule has 3 nitrogen and oxygen atoms in total. The monoisotopic (exact) mass is 314 g/mol. The number of carbonyl (C=O) groups is 1. The summed E-state index contributed by atoms with van der Waals surface area (Å²) in [5.41, 5.74) is -0.211. The van der Waals surface area contributed by atoms with Crippen LogP contribution in [0.4, 0.5) is 18.9 Å². The van der Waals surface area contributed by atoms with Crippen molar-refractivity contribution in [2.24, 2.45) is 0 Å². The Morgan fingerprint density at radius 2 is 1.95 bits per heavy atom. The van der Waals surface area contributed by atoms with Gasteiger partial charge in [-0.1, -0.05) is 17.7 Å². The van der Waals surface area contributed by atoms with Gasteiger partial charge in [0.15, 0.2) is 0 Å². The molecule has 0 fully saturated rings. The molecule has 0 spiro atoms. The predicted molar refractivity (Wildman–Crippen MR) is 73.4 cm³/mol. The van der Waals surface area contributed by atoms with Crippen molar-refractivity contribution in [2.75, 3.05) is 5.32 Å². The lowest BCUT2D eigenvalue weighted by molar-refractivity contribution is -0.137. The van der Waals surface area contributed by atoms with Gasteiger partial charge >= 0.3 is 6.18 Å². The summed E-state index contributed by atoms with van der Waals surface area (Å²) in [5, 5.41) is 2.72. The highest BCUT2D eigenvalue weighted by atomic mass is 35.5. The minimum Gasteiger partial charge on any atom is -0.320 e. The van der Waals surface area contributed by atoms with E-state index in [2.05, 4.69) is 10.3 Å². The van der Waals surface area contributed by atoms with E-state index in [9.17, 15) is 18.0 Å². The fourth-order valence-electron chi connectivity index (χ4n) is 1.65. The van der Waals surface area contributed by atoms with E-state index in [1.807, 2.05) is 0 Å². The van der Waals surface area contributed by atoms with Gasteiger partial charge in [-0.15, -0.1) is 0 Å². The number of alkyl halides is 3. The van der Waals surface area contributed by atoms with Crippen molar-refractivity contribution in [2.45, 2.75) is 13.1 Å². The van der Waals surface area contributed by atoms with Crippen molar-refractivity contribution in [3.8, 4) is 0 Å². The third-order valence-corrected chi connectivity index (χ3v) is 3.00.